The molecular formula is C10H12Br2. The van der Waals surface area contributed by atoms with Crippen molar-refractivity contribution >= 4 is 31.9 Å². The third-order valence-electron chi connectivity index (χ3n) is 1.54. The molecule has 66 valence electrons. The molecule has 0 aliphatic carbocycles. The van der Waals surface area contributed by atoms with Crippen LogP contribution in [0.3, 0.4) is 0 Å². The van der Waals surface area contributed by atoms with Gasteiger partial charge in [-0.2, -0.15) is 0 Å². The Morgan fingerprint density at radius 3 is 2.08 bits per heavy atom. The molecule has 0 N–H and O–H groups in total. The molecular weight excluding hydrogens is 280 g/mol. The first kappa shape index (κ1) is 10.3. The van der Waals surface area contributed by atoms with Gasteiger partial charge in [-0.3, -0.25) is 0 Å². The van der Waals surface area contributed by atoms with E-state index in [1.54, 1.807) is 0 Å². The lowest BCUT2D eigenvalue weighted by atomic mass is 10.0. The second-order valence-corrected chi connectivity index (χ2v) is 6.58. The van der Waals surface area contributed by atoms with Gasteiger partial charge < -0.3 is 0 Å². The molecule has 0 nitrogen and oxygen atoms in total. The Hall–Kier alpha value is 0.180. The molecule has 1 aromatic carbocycles. The number of benzene rings is 1. The van der Waals surface area contributed by atoms with Crippen molar-refractivity contribution in [3.63, 3.8) is 0 Å². The average Bonchev–Trinajstić information content (AvgIpc) is 1.91. The summed E-state index contributed by atoms with van der Waals surface area (Å²) in [5, 5.41) is 0. The van der Waals surface area contributed by atoms with E-state index < -0.39 is 0 Å². The topological polar surface area (TPSA) is 0 Å². The molecule has 1 rings (SSSR count). The van der Waals surface area contributed by atoms with Crippen molar-refractivity contribution in [2.75, 3.05) is 0 Å². The Morgan fingerprint density at radius 1 is 1.17 bits per heavy atom. The zero-order chi connectivity index (χ0) is 9.19. The highest BCUT2D eigenvalue weighted by atomic mass is 79.9. The normalized spacial score (nSPS) is 11.7. The van der Waals surface area contributed by atoms with Crippen molar-refractivity contribution in [1.82, 2.24) is 0 Å². The monoisotopic (exact) mass is 290 g/mol. The molecule has 2 heteroatoms. The van der Waals surface area contributed by atoms with Crippen molar-refractivity contribution in [1.29, 1.82) is 0 Å². The lowest BCUT2D eigenvalue weighted by molar-refractivity contribution is 0.724. The van der Waals surface area contributed by atoms with E-state index >= 15 is 0 Å². The Morgan fingerprint density at radius 2 is 1.67 bits per heavy atom. The number of alkyl halides is 1. The van der Waals surface area contributed by atoms with Gasteiger partial charge in [-0.1, -0.05) is 44.0 Å². The zero-order valence-electron chi connectivity index (χ0n) is 7.27. The fourth-order valence-electron chi connectivity index (χ4n) is 1.09. The molecule has 0 fully saturated rings. The Balaban J connectivity index is 2.71. The van der Waals surface area contributed by atoms with Gasteiger partial charge in [0, 0.05) is 8.80 Å². The summed E-state index contributed by atoms with van der Waals surface area (Å²) in [4.78, 5) is 0. The first-order valence-electron chi connectivity index (χ1n) is 3.91. The van der Waals surface area contributed by atoms with E-state index in [1.165, 1.54) is 5.56 Å². The first-order valence-corrected chi connectivity index (χ1v) is 5.49. The van der Waals surface area contributed by atoms with E-state index in [-0.39, 0.29) is 4.32 Å². The summed E-state index contributed by atoms with van der Waals surface area (Å²) in [5.41, 5.74) is 1.36. The van der Waals surface area contributed by atoms with Crippen LogP contribution in [-0.2, 0) is 6.42 Å². The van der Waals surface area contributed by atoms with Crippen LogP contribution in [0, 0.1) is 0 Å². The fraction of sp³-hybridized carbons (Fsp3) is 0.400. The summed E-state index contributed by atoms with van der Waals surface area (Å²) < 4.78 is 1.33. The van der Waals surface area contributed by atoms with Gasteiger partial charge in [-0.15, -0.1) is 0 Å². The van der Waals surface area contributed by atoms with E-state index in [0.717, 1.165) is 10.9 Å². The molecule has 0 spiro atoms. The smallest absolute Gasteiger partial charge is 0.0242 e. The van der Waals surface area contributed by atoms with Crippen LogP contribution in [0.1, 0.15) is 19.4 Å². The van der Waals surface area contributed by atoms with Gasteiger partial charge in [0.15, 0.2) is 0 Å². The summed E-state index contributed by atoms with van der Waals surface area (Å²) >= 11 is 7.04. The summed E-state index contributed by atoms with van der Waals surface area (Å²) in [6, 6.07) is 8.45. The van der Waals surface area contributed by atoms with Gasteiger partial charge in [0.2, 0.25) is 0 Å². The Bertz CT molecular complexity index is 244. The predicted octanol–water partition coefficient (Wildman–Crippen LogP) is 4.17. The third-order valence-corrected chi connectivity index (χ3v) is 2.35. The summed E-state index contributed by atoms with van der Waals surface area (Å²) in [5.74, 6) is 0. The average molecular weight is 292 g/mol. The van der Waals surface area contributed by atoms with Gasteiger partial charge in [0.1, 0.15) is 0 Å². The van der Waals surface area contributed by atoms with E-state index in [0.29, 0.717) is 0 Å². The van der Waals surface area contributed by atoms with Crippen LogP contribution in [-0.4, -0.2) is 4.32 Å². The maximum atomic E-state index is 3.62. The van der Waals surface area contributed by atoms with E-state index in [1.807, 2.05) is 0 Å². The van der Waals surface area contributed by atoms with Crippen molar-refractivity contribution in [3.8, 4) is 0 Å². The first-order chi connectivity index (χ1) is 5.47. The van der Waals surface area contributed by atoms with Crippen LogP contribution in [0.4, 0.5) is 0 Å². The maximum absolute atomic E-state index is 3.62. The highest BCUT2D eigenvalue weighted by Crippen LogP contribution is 2.22. The third kappa shape index (κ3) is 3.72. The largest absolute Gasteiger partial charge is 0.0856 e. The van der Waals surface area contributed by atoms with Crippen LogP contribution in [0.25, 0.3) is 0 Å². The summed E-state index contributed by atoms with van der Waals surface area (Å²) in [6.07, 6.45) is 1.06. The number of rotatable bonds is 2. The molecule has 12 heavy (non-hydrogen) atoms. The molecule has 0 atom stereocenters. The molecule has 0 amide bonds. The number of hydrogen-bond acceptors (Lipinski definition) is 0. The lowest BCUT2D eigenvalue weighted by Crippen LogP contribution is -2.12. The Labute approximate surface area is 90.6 Å². The quantitative estimate of drug-likeness (QED) is 0.718. The molecule has 0 saturated carbocycles. The predicted molar refractivity (Wildman–Crippen MR) is 60.9 cm³/mol. The molecule has 0 heterocycles. The van der Waals surface area contributed by atoms with E-state index in [9.17, 15) is 0 Å². The minimum absolute atomic E-state index is 0.195. The SMILES string of the molecule is CC(C)(Br)Cc1ccc(Br)cc1. The highest BCUT2D eigenvalue weighted by molar-refractivity contribution is 9.10. The highest BCUT2D eigenvalue weighted by Gasteiger charge is 2.12. The van der Waals surface area contributed by atoms with Crippen LogP contribution in [0.15, 0.2) is 28.7 Å². The molecule has 0 bridgehead atoms. The molecule has 0 saturated heterocycles. The molecule has 1 aromatic rings. The fourth-order valence-corrected chi connectivity index (χ4v) is 1.68. The van der Waals surface area contributed by atoms with E-state index in [4.69, 9.17) is 0 Å². The second kappa shape index (κ2) is 3.93. The van der Waals surface area contributed by atoms with Crippen LogP contribution < -0.4 is 0 Å². The molecule has 0 aliphatic rings. The van der Waals surface area contributed by atoms with Gasteiger partial charge in [0.25, 0.3) is 0 Å². The van der Waals surface area contributed by atoms with Crippen molar-refractivity contribution in [2.45, 2.75) is 24.6 Å². The standard InChI is InChI=1S/C10H12Br2/c1-10(2,12)7-8-3-5-9(11)6-4-8/h3-6H,7H2,1-2H3. The Kier molecular flexibility index (Phi) is 3.36. The summed E-state index contributed by atoms with van der Waals surface area (Å²) in [7, 11) is 0. The molecule has 0 radical (unpaired) electrons. The zero-order valence-corrected chi connectivity index (χ0v) is 10.4. The van der Waals surface area contributed by atoms with Gasteiger partial charge in [0.05, 0.1) is 0 Å². The summed E-state index contributed by atoms with van der Waals surface area (Å²) in [6.45, 7) is 4.35. The van der Waals surface area contributed by atoms with Crippen molar-refractivity contribution in [3.05, 3.63) is 34.3 Å². The van der Waals surface area contributed by atoms with Crippen LogP contribution in [0.5, 0.6) is 0 Å². The van der Waals surface area contributed by atoms with Gasteiger partial charge >= 0.3 is 0 Å². The van der Waals surface area contributed by atoms with Gasteiger partial charge in [-0.25, -0.2) is 0 Å². The number of hydrogen-bond donors (Lipinski definition) is 0. The van der Waals surface area contributed by atoms with Crippen molar-refractivity contribution < 1.29 is 0 Å². The molecule has 0 unspecified atom stereocenters. The maximum Gasteiger partial charge on any atom is 0.0242 e. The van der Waals surface area contributed by atoms with Crippen molar-refractivity contribution in [2.24, 2.45) is 0 Å². The minimum atomic E-state index is 0.195. The van der Waals surface area contributed by atoms with Crippen LogP contribution in [0.2, 0.25) is 0 Å². The van der Waals surface area contributed by atoms with E-state index in [2.05, 4.69) is 70.0 Å². The van der Waals surface area contributed by atoms with Gasteiger partial charge in [-0.05, 0) is 38.0 Å². The minimum Gasteiger partial charge on any atom is -0.0856 e. The number of halogens is 2. The van der Waals surface area contributed by atoms with Crippen LogP contribution >= 0.6 is 31.9 Å². The molecule has 0 aromatic heterocycles. The second-order valence-electron chi connectivity index (χ2n) is 3.52. The lowest BCUT2D eigenvalue weighted by Gasteiger charge is -2.15. The molecule has 0 aliphatic heterocycles.